The van der Waals surface area contributed by atoms with Crippen molar-refractivity contribution in [2.24, 2.45) is 7.05 Å². The summed E-state index contributed by atoms with van der Waals surface area (Å²) in [5.41, 5.74) is 0.600. The van der Waals surface area contributed by atoms with E-state index in [0.717, 1.165) is 5.16 Å². The molecule has 3 rings (SSSR count). The molecule has 7 nitrogen and oxygen atoms in total. The van der Waals surface area contributed by atoms with Crippen LogP contribution < -0.4 is 5.56 Å². The lowest BCUT2D eigenvalue weighted by Crippen LogP contribution is -2.31. The average molecular weight is 326 g/mol. The predicted molar refractivity (Wildman–Crippen MR) is 80.9 cm³/mol. The van der Waals surface area contributed by atoms with Gasteiger partial charge in [-0.25, -0.2) is 14.8 Å². The summed E-state index contributed by atoms with van der Waals surface area (Å²) in [6.45, 7) is 2.04. The topological polar surface area (TPSA) is 79.0 Å². The third-order valence-electron chi connectivity index (χ3n) is 3.29. The molecule has 0 N–H and O–H groups in total. The maximum Gasteiger partial charge on any atom is 0.330 e. The largest absolute Gasteiger partial charge is 0.464 e. The maximum absolute atomic E-state index is 12.7. The fourth-order valence-corrected chi connectivity index (χ4v) is 3.96. The van der Waals surface area contributed by atoms with Gasteiger partial charge in [-0.15, -0.1) is 0 Å². The van der Waals surface area contributed by atoms with E-state index in [1.165, 1.54) is 28.1 Å². The summed E-state index contributed by atoms with van der Waals surface area (Å²) in [5, 5.41) is 1.24. The van der Waals surface area contributed by atoms with Crippen molar-refractivity contribution in [1.29, 1.82) is 0 Å². The highest BCUT2D eigenvalue weighted by atomic mass is 32.2. The van der Waals surface area contributed by atoms with Crippen molar-refractivity contribution in [2.75, 3.05) is 18.6 Å². The molecule has 1 unspecified atom stereocenters. The number of carbonyl (C=O) groups is 1. The molecule has 0 amide bonds. The molecule has 0 saturated carbocycles. The van der Waals surface area contributed by atoms with Crippen LogP contribution in [0.25, 0.3) is 11.2 Å². The number of rotatable bonds is 3. The minimum absolute atomic E-state index is 0.242. The number of thioether (sulfide) groups is 2. The van der Waals surface area contributed by atoms with Gasteiger partial charge >= 0.3 is 5.97 Å². The second kappa shape index (κ2) is 5.38. The molecule has 2 aromatic rings. The smallest absolute Gasteiger partial charge is 0.330 e. The second-order valence-electron chi connectivity index (χ2n) is 4.48. The Bertz CT molecular complexity index is 783. The number of hydrogen-bond donors (Lipinski definition) is 0. The van der Waals surface area contributed by atoms with Crippen molar-refractivity contribution in [2.45, 2.75) is 23.3 Å². The van der Waals surface area contributed by atoms with Crippen molar-refractivity contribution in [1.82, 2.24) is 19.1 Å². The van der Waals surface area contributed by atoms with Gasteiger partial charge in [0.25, 0.3) is 5.56 Å². The van der Waals surface area contributed by atoms with Crippen molar-refractivity contribution in [3.8, 4) is 0 Å². The van der Waals surface area contributed by atoms with Crippen molar-refractivity contribution < 1.29 is 9.53 Å². The Morgan fingerprint density at radius 1 is 1.52 bits per heavy atom. The average Bonchev–Trinajstić information content (AvgIpc) is 3.01. The molecule has 9 heteroatoms. The summed E-state index contributed by atoms with van der Waals surface area (Å²) < 4.78 is 8.18. The summed E-state index contributed by atoms with van der Waals surface area (Å²) >= 11 is 2.82. The van der Waals surface area contributed by atoms with E-state index >= 15 is 0 Å². The number of hydrogen-bond acceptors (Lipinski definition) is 7. The van der Waals surface area contributed by atoms with Gasteiger partial charge in [0.15, 0.2) is 21.5 Å². The van der Waals surface area contributed by atoms with Gasteiger partial charge in [-0.3, -0.25) is 9.36 Å². The molecule has 112 valence electrons. The van der Waals surface area contributed by atoms with Gasteiger partial charge in [0, 0.05) is 12.8 Å². The molecule has 3 heterocycles. The third-order valence-corrected chi connectivity index (χ3v) is 5.05. The number of esters is 1. The first-order valence-corrected chi connectivity index (χ1v) is 8.61. The zero-order valence-corrected chi connectivity index (χ0v) is 13.5. The van der Waals surface area contributed by atoms with Gasteiger partial charge < -0.3 is 9.30 Å². The van der Waals surface area contributed by atoms with E-state index in [9.17, 15) is 9.59 Å². The number of nitrogens with zero attached hydrogens (tertiary/aromatic N) is 4. The molecular weight excluding hydrogens is 312 g/mol. The quantitative estimate of drug-likeness (QED) is 0.474. The highest BCUT2D eigenvalue weighted by Crippen LogP contribution is 2.32. The van der Waals surface area contributed by atoms with E-state index in [1.807, 2.05) is 6.26 Å². The number of aromatic nitrogens is 4. The highest BCUT2D eigenvalue weighted by Gasteiger charge is 2.34. The number of carbonyl (C=O) groups excluding carboxylic acids is 1. The number of ether oxygens (including phenoxy) is 1. The Kier molecular flexibility index (Phi) is 3.70. The molecule has 0 saturated heterocycles. The van der Waals surface area contributed by atoms with Crippen molar-refractivity contribution >= 4 is 40.7 Å². The van der Waals surface area contributed by atoms with E-state index in [-0.39, 0.29) is 11.5 Å². The fraction of sp³-hybridized carbons (Fsp3) is 0.500. The van der Waals surface area contributed by atoms with Crippen LogP contribution in [0.3, 0.4) is 0 Å². The number of imidazole rings is 1. The molecule has 0 bridgehead atoms. The lowest BCUT2D eigenvalue weighted by atomic mass is 10.3. The molecule has 21 heavy (non-hydrogen) atoms. The first kappa shape index (κ1) is 14.5. The zero-order chi connectivity index (χ0) is 15.1. The zero-order valence-electron chi connectivity index (χ0n) is 11.8. The monoisotopic (exact) mass is 326 g/mol. The van der Waals surface area contributed by atoms with Crippen LogP contribution in [0.5, 0.6) is 0 Å². The molecule has 1 atom stereocenters. The van der Waals surface area contributed by atoms with E-state index in [1.54, 1.807) is 18.5 Å². The van der Waals surface area contributed by atoms with Gasteiger partial charge in [-0.1, -0.05) is 23.5 Å². The third kappa shape index (κ3) is 2.15. The summed E-state index contributed by atoms with van der Waals surface area (Å²) in [6.07, 6.45) is 1.89. The second-order valence-corrected chi connectivity index (χ2v) is 6.24. The molecule has 1 aliphatic heterocycles. The Morgan fingerprint density at radius 3 is 2.95 bits per heavy atom. The van der Waals surface area contributed by atoms with Gasteiger partial charge in [-0.2, -0.15) is 0 Å². The van der Waals surface area contributed by atoms with Gasteiger partial charge in [0.05, 0.1) is 6.61 Å². The predicted octanol–water partition coefficient (Wildman–Crippen LogP) is 1.06. The SMILES string of the molecule is CCOC(=O)C1CSc2nc3nc(SC)n(C)c3c(=O)n21. The van der Waals surface area contributed by atoms with Crippen molar-refractivity contribution in [3.05, 3.63) is 10.4 Å². The molecular formula is C12H14N4O3S2. The molecule has 0 spiro atoms. The normalized spacial score (nSPS) is 17.2. The van der Waals surface area contributed by atoms with Crippen LogP contribution in [-0.2, 0) is 16.6 Å². The highest BCUT2D eigenvalue weighted by molar-refractivity contribution is 7.99. The Morgan fingerprint density at radius 2 is 2.29 bits per heavy atom. The van der Waals surface area contributed by atoms with Crippen LogP contribution in [0, 0.1) is 0 Å². The van der Waals surface area contributed by atoms with Gasteiger partial charge in [0.2, 0.25) is 0 Å². The van der Waals surface area contributed by atoms with E-state index in [0.29, 0.717) is 28.7 Å². The van der Waals surface area contributed by atoms with Crippen LogP contribution in [0.1, 0.15) is 13.0 Å². The molecule has 0 aliphatic carbocycles. The molecule has 0 radical (unpaired) electrons. The minimum Gasteiger partial charge on any atom is -0.464 e. The molecule has 0 aromatic carbocycles. The van der Waals surface area contributed by atoms with Crippen molar-refractivity contribution in [3.63, 3.8) is 0 Å². The summed E-state index contributed by atoms with van der Waals surface area (Å²) in [7, 11) is 1.78. The lowest BCUT2D eigenvalue weighted by Gasteiger charge is -2.11. The summed E-state index contributed by atoms with van der Waals surface area (Å²) in [4.78, 5) is 33.5. The maximum atomic E-state index is 12.7. The first-order chi connectivity index (χ1) is 10.1. The fourth-order valence-electron chi connectivity index (χ4n) is 2.33. The van der Waals surface area contributed by atoms with Crippen LogP contribution in [0.15, 0.2) is 15.1 Å². The number of fused-ring (bicyclic) bond motifs is 2. The first-order valence-electron chi connectivity index (χ1n) is 6.40. The Hall–Kier alpha value is -1.48. The van der Waals surface area contributed by atoms with E-state index in [4.69, 9.17) is 4.74 Å². The summed E-state index contributed by atoms with van der Waals surface area (Å²) in [6, 6.07) is -0.609. The molecule has 2 aromatic heterocycles. The van der Waals surface area contributed by atoms with Crippen LogP contribution in [-0.4, -0.2) is 43.7 Å². The molecule has 0 fully saturated rings. The van der Waals surface area contributed by atoms with E-state index < -0.39 is 6.04 Å². The van der Waals surface area contributed by atoms with Gasteiger partial charge in [0.1, 0.15) is 6.04 Å². The van der Waals surface area contributed by atoms with Crippen LogP contribution in [0.2, 0.25) is 0 Å². The minimum atomic E-state index is -0.609. The molecule has 1 aliphatic rings. The standard InChI is InChI=1S/C12H14N4O3S2/c1-4-19-10(18)6-5-21-12-14-8-7(9(17)16(6)12)15(2)11(13-8)20-3/h6H,4-5H2,1-3H3. The lowest BCUT2D eigenvalue weighted by molar-refractivity contribution is -0.146. The van der Waals surface area contributed by atoms with Crippen LogP contribution >= 0.6 is 23.5 Å². The van der Waals surface area contributed by atoms with E-state index in [2.05, 4.69) is 9.97 Å². The van der Waals surface area contributed by atoms with Crippen LogP contribution in [0.4, 0.5) is 0 Å². The Labute approximate surface area is 129 Å². The Balaban J connectivity index is 2.21. The summed E-state index contributed by atoms with van der Waals surface area (Å²) in [5.74, 6) is 0.0755. The van der Waals surface area contributed by atoms with Gasteiger partial charge in [-0.05, 0) is 13.2 Å². The number of aryl methyl sites for hydroxylation is 1.